The molecule has 1 fully saturated rings. The first-order valence-corrected chi connectivity index (χ1v) is 13.6. The molecule has 1 spiro atoms. The summed E-state index contributed by atoms with van der Waals surface area (Å²) in [7, 11) is 0. The molecule has 0 atom stereocenters. The number of rotatable bonds is 8. The second-order valence-electron chi connectivity index (χ2n) is 11.4. The Bertz CT molecular complexity index is 1220. The Hall–Kier alpha value is -3.19. The van der Waals surface area contributed by atoms with Crippen molar-refractivity contribution in [1.82, 2.24) is 10.2 Å². The standard InChI is InChI=1S/C30H36ClN3O4/c1-29(2,3)23-11-15-30(16-12-23)33-26(22-5-4-6-24(31)19-22)28(38)34(30)18-14-20-7-9-21(10-8-20)27(37)32-17-13-25(35)36/h4-10,19,23H,11-18H2,1-3H3,(H,32,37)(H,35,36). The SMILES string of the molecule is CC(C)(C)C1CCC2(CC1)N=C(c1cccc(Cl)c1)C(=O)N2CCc1ccc(C(=O)NCCC(=O)O)cc1. The third-order valence-electron chi connectivity index (χ3n) is 7.84. The summed E-state index contributed by atoms with van der Waals surface area (Å²) in [5.74, 6) is -0.730. The summed E-state index contributed by atoms with van der Waals surface area (Å²) < 4.78 is 0. The van der Waals surface area contributed by atoms with Gasteiger partial charge in [-0.3, -0.25) is 19.4 Å². The van der Waals surface area contributed by atoms with Crippen molar-refractivity contribution in [2.45, 2.75) is 65.0 Å². The van der Waals surface area contributed by atoms with Gasteiger partial charge < -0.3 is 15.3 Å². The lowest BCUT2D eigenvalue weighted by atomic mass is 9.69. The summed E-state index contributed by atoms with van der Waals surface area (Å²) >= 11 is 6.24. The van der Waals surface area contributed by atoms with Gasteiger partial charge in [-0.15, -0.1) is 0 Å². The minimum atomic E-state index is -0.954. The number of aliphatic imine (C=N–C) groups is 1. The Kier molecular flexibility index (Phi) is 8.26. The zero-order valence-electron chi connectivity index (χ0n) is 22.3. The van der Waals surface area contributed by atoms with Gasteiger partial charge in [-0.05, 0) is 73.3 Å². The topological polar surface area (TPSA) is 99.1 Å². The fourth-order valence-electron chi connectivity index (χ4n) is 5.54. The van der Waals surface area contributed by atoms with E-state index in [4.69, 9.17) is 21.7 Å². The van der Waals surface area contributed by atoms with Crippen molar-refractivity contribution in [3.63, 3.8) is 0 Å². The number of carboxylic acids is 1. The summed E-state index contributed by atoms with van der Waals surface area (Å²) in [6, 6.07) is 14.6. The van der Waals surface area contributed by atoms with Gasteiger partial charge in [0, 0.05) is 29.2 Å². The molecule has 7 nitrogen and oxygen atoms in total. The summed E-state index contributed by atoms with van der Waals surface area (Å²) in [5.41, 5.74) is 2.39. The summed E-state index contributed by atoms with van der Waals surface area (Å²) in [4.78, 5) is 43.7. The van der Waals surface area contributed by atoms with E-state index in [1.165, 1.54) is 0 Å². The van der Waals surface area contributed by atoms with Crippen LogP contribution >= 0.6 is 11.6 Å². The van der Waals surface area contributed by atoms with E-state index in [1.54, 1.807) is 24.3 Å². The molecule has 2 aromatic rings. The second kappa shape index (κ2) is 11.3. The van der Waals surface area contributed by atoms with Crippen molar-refractivity contribution in [2.24, 2.45) is 16.3 Å². The summed E-state index contributed by atoms with van der Waals surface area (Å²) in [6.07, 6.45) is 4.22. The van der Waals surface area contributed by atoms with E-state index >= 15 is 0 Å². The number of aliphatic carboxylic acids is 1. The minimum Gasteiger partial charge on any atom is -0.481 e. The Morgan fingerprint density at radius 3 is 2.42 bits per heavy atom. The lowest BCUT2D eigenvalue weighted by molar-refractivity contribution is -0.136. The Balaban J connectivity index is 1.49. The molecular weight excluding hydrogens is 502 g/mol. The van der Waals surface area contributed by atoms with Gasteiger partial charge in [-0.2, -0.15) is 0 Å². The van der Waals surface area contributed by atoms with Gasteiger partial charge in [0.15, 0.2) is 0 Å². The number of nitrogens with zero attached hydrogens (tertiary/aromatic N) is 2. The highest BCUT2D eigenvalue weighted by Gasteiger charge is 2.49. The lowest BCUT2D eigenvalue weighted by Crippen LogP contribution is -2.50. The van der Waals surface area contributed by atoms with Gasteiger partial charge >= 0.3 is 5.97 Å². The average Bonchev–Trinajstić information content (AvgIpc) is 3.13. The minimum absolute atomic E-state index is 0.0593. The number of hydrogen-bond donors (Lipinski definition) is 2. The highest BCUT2D eigenvalue weighted by Crippen LogP contribution is 2.46. The molecule has 0 saturated heterocycles. The molecule has 8 heteroatoms. The molecule has 38 heavy (non-hydrogen) atoms. The third kappa shape index (κ3) is 6.26. The maximum atomic E-state index is 13.7. The zero-order valence-corrected chi connectivity index (χ0v) is 23.1. The monoisotopic (exact) mass is 537 g/mol. The van der Waals surface area contributed by atoms with E-state index in [-0.39, 0.29) is 30.2 Å². The molecule has 4 rings (SSSR count). The number of benzene rings is 2. The van der Waals surface area contributed by atoms with Crippen molar-refractivity contribution in [1.29, 1.82) is 0 Å². The predicted molar refractivity (Wildman–Crippen MR) is 149 cm³/mol. The number of carboxylic acid groups (broad SMARTS) is 1. The van der Waals surface area contributed by atoms with Crippen molar-refractivity contribution in [2.75, 3.05) is 13.1 Å². The Morgan fingerprint density at radius 1 is 1.13 bits per heavy atom. The maximum Gasteiger partial charge on any atom is 0.305 e. The Labute approximate surface area is 229 Å². The van der Waals surface area contributed by atoms with Crippen molar-refractivity contribution < 1.29 is 19.5 Å². The molecule has 0 unspecified atom stereocenters. The zero-order chi connectivity index (χ0) is 27.5. The van der Waals surface area contributed by atoms with Crippen LogP contribution in [0.2, 0.25) is 5.02 Å². The number of halogens is 1. The highest BCUT2D eigenvalue weighted by atomic mass is 35.5. The summed E-state index contributed by atoms with van der Waals surface area (Å²) in [6.45, 7) is 7.45. The molecule has 1 heterocycles. The molecule has 0 aromatic heterocycles. The second-order valence-corrected chi connectivity index (χ2v) is 11.8. The van der Waals surface area contributed by atoms with E-state index in [0.29, 0.717) is 35.2 Å². The van der Waals surface area contributed by atoms with Crippen LogP contribution in [0.5, 0.6) is 0 Å². The van der Waals surface area contributed by atoms with Crippen molar-refractivity contribution in [3.05, 3.63) is 70.2 Å². The molecule has 0 radical (unpaired) electrons. The van der Waals surface area contributed by atoms with Crippen molar-refractivity contribution >= 4 is 35.1 Å². The van der Waals surface area contributed by atoms with Crippen molar-refractivity contribution in [3.8, 4) is 0 Å². The number of nitrogens with one attached hydrogen (secondary N) is 1. The molecule has 1 aliphatic heterocycles. The molecule has 2 aromatic carbocycles. The maximum absolute atomic E-state index is 13.7. The lowest BCUT2D eigenvalue weighted by Gasteiger charge is -2.45. The van der Waals surface area contributed by atoms with E-state index in [0.717, 1.165) is 36.8 Å². The van der Waals surface area contributed by atoms with Crippen LogP contribution in [-0.2, 0) is 16.0 Å². The summed E-state index contributed by atoms with van der Waals surface area (Å²) in [5, 5.41) is 11.9. The number of amides is 2. The van der Waals surface area contributed by atoms with Crippen LogP contribution in [0.15, 0.2) is 53.5 Å². The van der Waals surface area contributed by atoms with Crippen LogP contribution in [0.4, 0.5) is 0 Å². The fraction of sp³-hybridized carbons (Fsp3) is 0.467. The first-order valence-electron chi connectivity index (χ1n) is 13.3. The molecule has 2 N–H and O–H groups in total. The largest absolute Gasteiger partial charge is 0.481 e. The average molecular weight is 538 g/mol. The van der Waals surface area contributed by atoms with E-state index in [1.807, 2.05) is 29.2 Å². The van der Waals surface area contributed by atoms with E-state index in [2.05, 4.69) is 26.1 Å². The van der Waals surface area contributed by atoms with E-state index in [9.17, 15) is 14.4 Å². The van der Waals surface area contributed by atoms with E-state index < -0.39 is 11.6 Å². The van der Waals surface area contributed by atoms with Crippen LogP contribution in [0, 0.1) is 11.3 Å². The van der Waals surface area contributed by atoms with Crippen LogP contribution in [-0.4, -0.2) is 52.3 Å². The number of hydrogen-bond acceptors (Lipinski definition) is 4. The van der Waals surface area contributed by atoms with Gasteiger partial charge in [0.25, 0.3) is 11.8 Å². The normalized spacial score (nSPS) is 21.5. The quantitative estimate of drug-likeness (QED) is 0.474. The Morgan fingerprint density at radius 2 is 1.82 bits per heavy atom. The molecule has 2 aliphatic rings. The smallest absolute Gasteiger partial charge is 0.305 e. The van der Waals surface area contributed by atoms with Gasteiger partial charge in [0.05, 0.1) is 6.42 Å². The number of carbonyl (C=O) groups excluding carboxylic acids is 2. The first kappa shape index (κ1) is 27.8. The molecule has 202 valence electrons. The number of carbonyl (C=O) groups is 3. The van der Waals surface area contributed by atoms with Gasteiger partial charge in [-0.25, -0.2) is 0 Å². The molecule has 1 saturated carbocycles. The van der Waals surface area contributed by atoms with Crippen LogP contribution in [0.1, 0.15) is 74.4 Å². The van der Waals surface area contributed by atoms with Crippen LogP contribution < -0.4 is 5.32 Å². The highest BCUT2D eigenvalue weighted by molar-refractivity contribution is 6.47. The molecular formula is C30H36ClN3O4. The van der Waals surface area contributed by atoms with Gasteiger partial charge in [-0.1, -0.05) is 56.6 Å². The molecule has 0 bridgehead atoms. The molecule has 1 aliphatic carbocycles. The van der Waals surface area contributed by atoms with Crippen LogP contribution in [0.25, 0.3) is 0 Å². The van der Waals surface area contributed by atoms with Crippen LogP contribution in [0.3, 0.4) is 0 Å². The fourth-order valence-corrected chi connectivity index (χ4v) is 5.73. The van der Waals surface area contributed by atoms with Gasteiger partial charge in [0.1, 0.15) is 11.4 Å². The van der Waals surface area contributed by atoms with Gasteiger partial charge in [0.2, 0.25) is 0 Å². The third-order valence-corrected chi connectivity index (χ3v) is 8.08. The predicted octanol–water partition coefficient (Wildman–Crippen LogP) is 5.35. The first-order chi connectivity index (χ1) is 18.0. The molecule has 2 amide bonds.